The second-order valence-electron chi connectivity index (χ2n) is 6.34. The third-order valence-electron chi connectivity index (χ3n) is 3.44. The Morgan fingerprint density at radius 3 is 2.40 bits per heavy atom. The van der Waals surface area contributed by atoms with Gasteiger partial charge in [-0.05, 0) is 41.3 Å². The summed E-state index contributed by atoms with van der Waals surface area (Å²) in [4.78, 5) is 22.9. The molecule has 0 aliphatic carbocycles. The molecule has 0 saturated heterocycles. The van der Waals surface area contributed by atoms with Crippen LogP contribution in [0.5, 0.6) is 5.75 Å². The first-order valence-electron chi connectivity index (χ1n) is 8.24. The van der Waals surface area contributed by atoms with Gasteiger partial charge in [0.15, 0.2) is 0 Å². The minimum atomic E-state index is -0.900. The molecule has 132 valence electrons. The summed E-state index contributed by atoms with van der Waals surface area (Å²) in [6.45, 7) is 4.83. The van der Waals surface area contributed by atoms with Gasteiger partial charge in [-0.25, -0.2) is 0 Å². The molecular formula is C20H23NO4. The Morgan fingerprint density at radius 1 is 1.04 bits per heavy atom. The number of carbonyl (C=O) groups excluding carboxylic acids is 1. The van der Waals surface area contributed by atoms with Crippen molar-refractivity contribution in [2.75, 3.05) is 11.9 Å². The van der Waals surface area contributed by atoms with Gasteiger partial charge < -0.3 is 15.2 Å². The zero-order valence-electron chi connectivity index (χ0n) is 14.5. The molecule has 0 radical (unpaired) electrons. The molecule has 0 saturated carbocycles. The number of rotatable bonds is 8. The zero-order chi connectivity index (χ0) is 18.2. The number of hydrogen-bond acceptors (Lipinski definition) is 3. The van der Waals surface area contributed by atoms with Crippen molar-refractivity contribution in [3.63, 3.8) is 0 Å². The Bertz CT molecular complexity index is 723. The van der Waals surface area contributed by atoms with Gasteiger partial charge in [-0.15, -0.1) is 0 Å². The van der Waals surface area contributed by atoms with Gasteiger partial charge in [0.25, 0.3) is 0 Å². The van der Waals surface area contributed by atoms with Crippen molar-refractivity contribution < 1.29 is 19.4 Å². The maximum absolute atomic E-state index is 12.2. The lowest BCUT2D eigenvalue weighted by atomic mass is 10.1. The third kappa shape index (κ3) is 6.67. The Balaban J connectivity index is 1.90. The van der Waals surface area contributed by atoms with Crippen molar-refractivity contribution >= 4 is 17.6 Å². The molecule has 0 spiro atoms. The van der Waals surface area contributed by atoms with Crippen LogP contribution in [0, 0.1) is 5.92 Å². The number of amides is 1. The fraction of sp³-hybridized carbons (Fsp3) is 0.300. The van der Waals surface area contributed by atoms with Crippen LogP contribution in [0.15, 0.2) is 48.5 Å². The van der Waals surface area contributed by atoms with Crippen molar-refractivity contribution in [3.8, 4) is 5.75 Å². The van der Waals surface area contributed by atoms with E-state index in [-0.39, 0.29) is 18.7 Å². The summed E-state index contributed by atoms with van der Waals surface area (Å²) in [6, 6.07) is 14.3. The molecule has 2 aromatic rings. The van der Waals surface area contributed by atoms with Crippen LogP contribution in [0.25, 0.3) is 0 Å². The minimum absolute atomic E-state index is 0.0679. The number of aliphatic carboxylic acids is 1. The predicted octanol–water partition coefficient (Wildman–Crippen LogP) is 3.53. The van der Waals surface area contributed by atoms with Crippen LogP contribution in [0.3, 0.4) is 0 Å². The van der Waals surface area contributed by atoms with E-state index < -0.39 is 5.97 Å². The lowest BCUT2D eigenvalue weighted by molar-refractivity contribution is -0.136. The number of nitrogens with one attached hydrogen (secondary N) is 1. The molecular weight excluding hydrogens is 318 g/mol. The molecule has 5 nitrogen and oxygen atoms in total. The fourth-order valence-electron chi connectivity index (χ4n) is 2.29. The second-order valence-corrected chi connectivity index (χ2v) is 6.34. The van der Waals surface area contributed by atoms with Gasteiger partial charge in [-0.1, -0.05) is 38.1 Å². The number of carboxylic acids is 1. The Labute approximate surface area is 147 Å². The number of anilines is 1. The summed E-state index contributed by atoms with van der Waals surface area (Å²) in [7, 11) is 0. The van der Waals surface area contributed by atoms with E-state index in [1.54, 1.807) is 24.3 Å². The van der Waals surface area contributed by atoms with Gasteiger partial charge in [0.2, 0.25) is 5.91 Å². The smallest absolute Gasteiger partial charge is 0.307 e. The lowest BCUT2D eigenvalue weighted by Gasteiger charge is -2.10. The summed E-state index contributed by atoms with van der Waals surface area (Å²) in [5, 5.41) is 11.6. The first-order valence-corrected chi connectivity index (χ1v) is 8.24. The van der Waals surface area contributed by atoms with E-state index >= 15 is 0 Å². The molecule has 2 N–H and O–H groups in total. The molecule has 0 unspecified atom stereocenters. The van der Waals surface area contributed by atoms with Crippen LogP contribution in [-0.4, -0.2) is 23.6 Å². The molecule has 0 aliphatic heterocycles. The Morgan fingerprint density at radius 2 is 1.76 bits per heavy atom. The number of hydrogen-bond donors (Lipinski definition) is 2. The van der Waals surface area contributed by atoms with Crippen LogP contribution in [0.2, 0.25) is 0 Å². The van der Waals surface area contributed by atoms with Gasteiger partial charge in [-0.2, -0.15) is 0 Å². The van der Waals surface area contributed by atoms with Gasteiger partial charge >= 0.3 is 5.97 Å². The second kappa shape index (κ2) is 8.87. The highest BCUT2D eigenvalue weighted by atomic mass is 16.5. The molecule has 0 bridgehead atoms. The number of benzene rings is 2. The van der Waals surface area contributed by atoms with Crippen LogP contribution >= 0.6 is 0 Å². The summed E-state index contributed by atoms with van der Waals surface area (Å²) in [5.41, 5.74) is 2.13. The van der Waals surface area contributed by atoms with Crippen LogP contribution in [-0.2, 0) is 22.4 Å². The third-order valence-corrected chi connectivity index (χ3v) is 3.44. The lowest BCUT2D eigenvalue weighted by Crippen LogP contribution is -2.14. The van der Waals surface area contributed by atoms with E-state index in [1.807, 2.05) is 24.3 Å². The van der Waals surface area contributed by atoms with Crippen molar-refractivity contribution in [1.82, 2.24) is 0 Å². The highest BCUT2D eigenvalue weighted by molar-refractivity contribution is 5.92. The van der Waals surface area contributed by atoms with E-state index in [2.05, 4.69) is 19.2 Å². The molecule has 0 aliphatic rings. The SMILES string of the molecule is CC(C)COc1ccc(CC(=O)Nc2cccc(CC(=O)O)c2)cc1. The first-order chi connectivity index (χ1) is 11.9. The molecule has 5 heteroatoms. The Hall–Kier alpha value is -2.82. The molecule has 25 heavy (non-hydrogen) atoms. The molecule has 2 rings (SSSR count). The molecule has 0 atom stereocenters. The zero-order valence-corrected chi connectivity index (χ0v) is 14.5. The summed E-state index contributed by atoms with van der Waals surface area (Å²) < 4.78 is 5.62. The maximum atomic E-state index is 12.2. The quantitative estimate of drug-likeness (QED) is 0.770. The van der Waals surface area contributed by atoms with E-state index in [0.717, 1.165) is 11.3 Å². The number of ether oxygens (including phenoxy) is 1. The monoisotopic (exact) mass is 341 g/mol. The largest absolute Gasteiger partial charge is 0.493 e. The minimum Gasteiger partial charge on any atom is -0.493 e. The van der Waals surface area contributed by atoms with Gasteiger partial charge in [-0.3, -0.25) is 9.59 Å². The molecule has 0 fully saturated rings. The van der Waals surface area contributed by atoms with Crippen molar-refractivity contribution in [2.45, 2.75) is 26.7 Å². The maximum Gasteiger partial charge on any atom is 0.307 e. The number of carbonyl (C=O) groups is 2. The van der Waals surface area contributed by atoms with Gasteiger partial charge in [0, 0.05) is 5.69 Å². The normalized spacial score (nSPS) is 10.5. The standard InChI is InChI=1S/C20H23NO4/c1-14(2)13-25-18-8-6-15(7-9-18)11-19(22)21-17-5-3-4-16(10-17)12-20(23)24/h3-10,14H,11-13H2,1-2H3,(H,21,22)(H,23,24). The average Bonchev–Trinajstić information content (AvgIpc) is 2.53. The van der Waals surface area contributed by atoms with Crippen molar-refractivity contribution in [1.29, 1.82) is 0 Å². The molecule has 1 amide bonds. The topological polar surface area (TPSA) is 75.6 Å². The van der Waals surface area contributed by atoms with E-state index in [4.69, 9.17) is 9.84 Å². The highest BCUT2D eigenvalue weighted by Gasteiger charge is 2.07. The van der Waals surface area contributed by atoms with Crippen LogP contribution in [0.1, 0.15) is 25.0 Å². The summed E-state index contributed by atoms with van der Waals surface area (Å²) >= 11 is 0. The summed E-state index contributed by atoms with van der Waals surface area (Å²) in [6.07, 6.45) is 0.176. The van der Waals surface area contributed by atoms with E-state index in [9.17, 15) is 9.59 Å². The van der Waals surface area contributed by atoms with Gasteiger partial charge in [0.1, 0.15) is 5.75 Å². The first kappa shape index (κ1) is 18.5. The van der Waals surface area contributed by atoms with Crippen LogP contribution in [0.4, 0.5) is 5.69 Å². The number of carboxylic acid groups (broad SMARTS) is 1. The van der Waals surface area contributed by atoms with Crippen molar-refractivity contribution in [3.05, 3.63) is 59.7 Å². The molecule has 0 aromatic heterocycles. The molecule has 0 heterocycles. The Kier molecular flexibility index (Phi) is 6.57. The predicted molar refractivity (Wildman–Crippen MR) is 96.9 cm³/mol. The van der Waals surface area contributed by atoms with E-state index in [0.29, 0.717) is 23.8 Å². The van der Waals surface area contributed by atoms with Crippen molar-refractivity contribution in [2.24, 2.45) is 5.92 Å². The highest BCUT2D eigenvalue weighted by Crippen LogP contribution is 2.15. The molecule has 2 aromatic carbocycles. The van der Waals surface area contributed by atoms with Gasteiger partial charge in [0.05, 0.1) is 19.4 Å². The average molecular weight is 341 g/mol. The fourth-order valence-corrected chi connectivity index (χ4v) is 2.29. The summed E-state index contributed by atoms with van der Waals surface area (Å²) in [5.74, 6) is 0.202. The van der Waals surface area contributed by atoms with Crippen LogP contribution < -0.4 is 10.1 Å². The van der Waals surface area contributed by atoms with E-state index in [1.165, 1.54) is 0 Å².